The molecule has 0 radical (unpaired) electrons. The van der Waals surface area contributed by atoms with E-state index in [1.807, 2.05) is 29.3 Å². The Kier molecular flexibility index (Phi) is 4.95. The number of imidazole rings is 1. The van der Waals surface area contributed by atoms with E-state index in [0.29, 0.717) is 12.5 Å². The van der Waals surface area contributed by atoms with Crippen molar-refractivity contribution in [2.45, 2.75) is 44.2 Å². The molecule has 164 valence electrons. The molecule has 2 aromatic heterocycles. The summed E-state index contributed by atoms with van der Waals surface area (Å²) in [6.45, 7) is 2.38. The molecular formula is C26H28N4O2. The van der Waals surface area contributed by atoms with Crippen LogP contribution in [0.1, 0.15) is 49.2 Å². The van der Waals surface area contributed by atoms with Crippen LogP contribution in [-0.4, -0.2) is 45.0 Å². The topological polar surface area (TPSA) is 63.2 Å². The molecule has 0 bridgehead atoms. The number of hydrogen-bond acceptors (Lipinski definition) is 3. The molecule has 4 heterocycles. The molecule has 2 aromatic carbocycles. The lowest BCUT2D eigenvalue weighted by Crippen LogP contribution is -2.40. The quantitative estimate of drug-likeness (QED) is 0.509. The minimum atomic E-state index is 0.0870. The Bertz CT molecular complexity index is 1260. The zero-order valence-corrected chi connectivity index (χ0v) is 18.2. The lowest BCUT2D eigenvalue weighted by molar-refractivity contribution is -0.131. The van der Waals surface area contributed by atoms with Crippen LogP contribution in [0, 0.1) is 0 Å². The van der Waals surface area contributed by atoms with E-state index in [2.05, 4.69) is 39.9 Å². The van der Waals surface area contributed by atoms with Gasteiger partial charge in [-0.3, -0.25) is 4.79 Å². The van der Waals surface area contributed by atoms with Crippen LogP contribution < -0.4 is 0 Å². The van der Waals surface area contributed by atoms with Gasteiger partial charge in [-0.2, -0.15) is 0 Å². The van der Waals surface area contributed by atoms with E-state index in [0.717, 1.165) is 73.2 Å². The number of H-pyrrole nitrogens is 1. The molecule has 4 aromatic rings. The first kappa shape index (κ1) is 19.6. The van der Waals surface area contributed by atoms with Crippen molar-refractivity contribution < 1.29 is 9.53 Å². The number of benzene rings is 2. The van der Waals surface area contributed by atoms with Crippen LogP contribution in [0.5, 0.6) is 0 Å². The average Bonchev–Trinajstić information content (AvgIpc) is 3.58. The highest BCUT2D eigenvalue weighted by Crippen LogP contribution is 2.36. The summed E-state index contributed by atoms with van der Waals surface area (Å²) in [6.07, 6.45) is 6.52. The van der Waals surface area contributed by atoms with Gasteiger partial charge >= 0.3 is 0 Å². The smallest absolute Gasteiger partial charge is 0.227 e. The molecule has 32 heavy (non-hydrogen) atoms. The number of para-hydroxylation sites is 3. The maximum Gasteiger partial charge on any atom is 0.227 e. The van der Waals surface area contributed by atoms with Crippen LogP contribution in [0.2, 0.25) is 0 Å². The summed E-state index contributed by atoms with van der Waals surface area (Å²) in [4.78, 5) is 23.3. The third-order valence-corrected chi connectivity index (χ3v) is 7.04. The number of rotatable bonds is 4. The molecule has 0 aliphatic carbocycles. The molecule has 6 heteroatoms. The summed E-state index contributed by atoms with van der Waals surface area (Å²) in [7, 11) is 0. The molecule has 6 nitrogen and oxygen atoms in total. The molecular weight excluding hydrogens is 400 g/mol. The Morgan fingerprint density at radius 3 is 2.72 bits per heavy atom. The van der Waals surface area contributed by atoms with Crippen LogP contribution in [0.25, 0.3) is 21.9 Å². The standard InChI is InChI=1S/C26H28N4O2/c31-25(16-18-17-27-21-7-2-1-6-20(18)21)29-13-11-19(12-14-29)30-23-9-4-3-8-22(23)28-26(30)24-10-5-15-32-24/h1-4,6-9,17,19,24,27H,5,10-16H2. The molecule has 1 N–H and O–H groups in total. The number of carbonyl (C=O) groups excluding carboxylic acids is 1. The molecule has 1 unspecified atom stereocenters. The minimum Gasteiger partial charge on any atom is -0.370 e. The average molecular weight is 429 g/mol. The molecule has 1 amide bonds. The summed E-state index contributed by atoms with van der Waals surface area (Å²) < 4.78 is 8.41. The first-order valence-electron chi connectivity index (χ1n) is 11.7. The number of aromatic nitrogens is 3. The fourth-order valence-corrected chi connectivity index (χ4v) is 5.38. The van der Waals surface area contributed by atoms with Crippen molar-refractivity contribution in [2.24, 2.45) is 0 Å². The van der Waals surface area contributed by atoms with Gasteiger partial charge < -0.3 is 19.2 Å². The van der Waals surface area contributed by atoms with Crippen molar-refractivity contribution in [2.75, 3.05) is 19.7 Å². The van der Waals surface area contributed by atoms with E-state index in [-0.39, 0.29) is 12.0 Å². The van der Waals surface area contributed by atoms with Gasteiger partial charge in [-0.05, 0) is 49.4 Å². The van der Waals surface area contributed by atoms with Gasteiger partial charge in [0, 0.05) is 42.8 Å². The van der Waals surface area contributed by atoms with E-state index >= 15 is 0 Å². The van der Waals surface area contributed by atoms with E-state index in [1.165, 1.54) is 5.52 Å². The van der Waals surface area contributed by atoms with Gasteiger partial charge in [0.2, 0.25) is 5.91 Å². The molecule has 0 saturated carbocycles. The SMILES string of the molecule is O=C(Cc1c[nH]c2ccccc12)N1CCC(n2c(C3CCCO3)nc3ccccc32)CC1. The van der Waals surface area contributed by atoms with Crippen LogP contribution in [0.4, 0.5) is 0 Å². The predicted octanol–water partition coefficient (Wildman–Crippen LogP) is 4.78. The highest BCUT2D eigenvalue weighted by atomic mass is 16.5. The number of piperidine rings is 1. The fourth-order valence-electron chi connectivity index (χ4n) is 5.38. The summed E-state index contributed by atoms with van der Waals surface area (Å²) in [5.41, 5.74) is 4.38. The first-order chi connectivity index (χ1) is 15.8. The minimum absolute atomic E-state index is 0.0870. The van der Waals surface area contributed by atoms with Crippen molar-refractivity contribution in [3.8, 4) is 0 Å². The summed E-state index contributed by atoms with van der Waals surface area (Å²) in [5.74, 6) is 1.27. The number of likely N-dealkylation sites (tertiary alicyclic amines) is 1. The molecule has 6 rings (SSSR count). The fraction of sp³-hybridized carbons (Fsp3) is 0.385. The van der Waals surface area contributed by atoms with Crippen LogP contribution >= 0.6 is 0 Å². The number of carbonyl (C=O) groups is 1. The second-order valence-electron chi connectivity index (χ2n) is 8.98. The van der Waals surface area contributed by atoms with Gasteiger partial charge in [0.25, 0.3) is 0 Å². The Morgan fingerprint density at radius 1 is 1.06 bits per heavy atom. The number of amides is 1. The third-order valence-electron chi connectivity index (χ3n) is 7.04. The number of nitrogens with zero attached hydrogens (tertiary/aromatic N) is 3. The van der Waals surface area contributed by atoms with Gasteiger partial charge in [-0.1, -0.05) is 30.3 Å². The second-order valence-corrected chi connectivity index (χ2v) is 8.98. The predicted molar refractivity (Wildman–Crippen MR) is 125 cm³/mol. The van der Waals surface area contributed by atoms with Crippen molar-refractivity contribution in [1.82, 2.24) is 19.4 Å². The van der Waals surface area contributed by atoms with Crippen LogP contribution in [0.3, 0.4) is 0 Å². The van der Waals surface area contributed by atoms with E-state index in [9.17, 15) is 4.79 Å². The summed E-state index contributed by atoms with van der Waals surface area (Å²) in [5, 5.41) is 1.14. The Morgan fingerprint density at radius 2 is 1.88 bits per heavy atom. The first-order valence-corrected chi connectivity index (χ1v) is 11.7. The van der Waals surface area contributed by atoms with E-state index in [1.54, 1.807) is 0 Å². The van der Waals surface area contributed by atoms with Crippen LogP contribution in [0.15, 0.2) is 54.7 Å². The van der Waals surface area contributed by atoms with Crippen LogP contribution in [-0.2, 0) is 16.0 Å². The van der Waals surface area contributed by atoms with Gasteiger partial charge in [0.1, 0.15) is 11.9 Å². The lowest BCUT2D eigenvalue weighted by Gasteiger charge is -2.34. The largest absolute Gasteiger partial charge is 0.370 e. The Balaban J connectivity index is 1.20. The zero-order chi connectivity index (χ0) is 21.5. The van der Waals surface area contributed by atoms with Gasteiger partial charge in [-0.25, -0.2) is 4.98 Å². The number of ether oxygens (including phenoxy) is 1. The number of fused-ring (bicyclic) bond motifs is 2. The molecule has 2 aliphatic rings. The highest BCUT2D eigenvalue weighted by molar-refractivity contribution is 5.89. The summed E-state index contributed by atoms with van der Waals surface area (Å²) in [6, 6.07) is 16.9. The maximum atomic E-state index is 13.1. The number of aromatic amines is 1. The Labute approximate surface area is 187 Å². The van der Waals surface area contributed by atoms with Gasteiger partial charge in [0.05, 0.1) is 17.5 Å². The van der Waals surface area contributed by atoms with E-state index < -0.39 is 0 Å². The molecule has 0 spiro atoms. The molecule has 2 aliphatic heterocycles. The number of nitrogens with one attached hydrogen (secondary N) is 1. The summed E-state index contributed by atoms with van der Waals surface area (Å²) >= 11 is 0. The number of hydrogen-bond donors (Lipinski definition) is 1. The lowest BCUT2D eigenvalue weighted by atomic mass is 10.0. The third kappa shape index (κ3) is 3.39. The molecule has 2 fully saturated rings. The van der Waals surface area contributed by atoms with Gasteiger partial charge in [0.15, 0.2) is 0 Å². The van der Waals surface area contributed by atoms with Crippen molar-refractivity contribution in [3.63, 3.8) is 0 Å². The monoisotopic (exact) mass is 428 g/mol. The highest BCUT2D eigenvalue weighted by Gasteiger charge is 2.31. The second kappa shape index (κ2) is 8.10. The normalized spacial score (nSPS) is 19.9. The van der Waals surface area contributed by atoms with Gasteiger partial charge in [-0.15, -0.1) is 0 Å². The molecule has 1 atom stereocenters. The Hall–Kier alpha value is -3.12. The maximum absolute atomic E-state index is 13.1. The van der Waals surface area contributed by atoms with Crippen molar-refractivity contribution in [3.05, 3.63) is 66.1 Å². The van der Waals surface area contributed by atoms with Crippen molar-refractivity contribution in [1.29, 1.82) is 0 Å². The van der Waals surface area contributed by atoms with Crippen molar-refractivity contribution >= 4 is 27.8 Å². The van der Waals surface area contributed by atoms with E-state index in [4.69, 9.17) is 9.72 Å². The zero-order valence-electron chi connectivity index (χ0n) is 18.2. The molecule has 2 saturated heterocycles.